The van der Waals surface area contributed by atoms with Gasteiger partial charge in [-0.05, 0) is 71.7 Å². The normalized spacial score (nSPS) is 12.0. The van der Waals surface area contributed by atoms with Gasteiger partial charge in [-0.2, -0.15) is 0 Å². The fraction of sp³-hybridized carbons (Fsp3) is 0.529. The smallest absolute Gasteiger partial charge is 0.239 e. The Kier molecular flexibility index (Phi) is 4.82. The van der Waals surface area contributed by atoms with Crippen molar-refractivity contribution in [2.24, 2.45) is 5.41 Å². The van der Waals surface area contributed by atoms with Gasteiger partial charge >= 0.3 is 0 Å². The van der Waals surface area contributed by atoms with E-state index < -0.39 is 5.41 Å². The standard InChI is InChI=1S/C17H26N2O2/c1-11-8-12(2)10-13(9-11)18-14(20)17(6,7)15(21)19-16(3,4)5/h8-10H,1-7H3,(H,18,20)(H,19,21). The van der Waals surface area contributed by atoms with Crippen LogP contribution >= 0.6 is 0 Å². The fourth-order valence-electron chi connectivity index (χ4n) is 1.93. The number of nitrogens with one attached hydrogen (secondary N) is 2. The zero-order valence-electron chi connectivity index (χ0n) is 14.0. The third kappa shape index (κ3) is 4.88. The molecular formula is C17H26N2O2. The van der Waals surface area contributed by atoms with Crippen molar-refractivity contribution >= 4 is 17.5 Å². The van der Waals surface area contributed by atoms with E-state index in [1.54, 1.807) is 13.8 Å². The Labute approximate surface area is 127 Å². The van der Waals surface area contributed by atoms with Crippen molar-refractivity contribution in [3.63, 3.8) is 0 Å². The molecule has 0 aliphatic carbocycles. The summed E-state index contributed by atoms with van der Waals surface area (Å²) >= 11 is 0. The second-order valence-corrected chi connectivity index (χ2v) is 7.16. The summed E-state index contributed by atoms with van der Waals surface area (Å²) in [6.07, 6.45) is 0. The molecule has 0 atom stereocenters. The summed E-state index contributed by atoms with van der Waals surface area (Å²) in [7, 11) is 0. The van der Waals surface area contributed by atoms with Crippen LogP contribution in [0.5, 0.6) is 0 Å². The van der Waals surface area contributed by atoms with Crippen LogP contribution in [0.15, 0.2) is 18.2 Å². The van der Waals surface area contributed by atoms with Gasteiger partial charge in [0, 0.05) is 11.2 Å². The van der Waals surface area contributed by atoms with E-state index in [2.05, 4.69) is 10.6 Å². The Morgan fingerprint density at radius 3 is 1.76 bits per heavy atom. The van der Waals surface area contributed by atoms with Crippen LogP contribution in [0.1, 0.15) is 45.7 Å². The number of carbonyl (C=O) groups is 2. The summed E-state index contributed by atoms with van der Waals surface area (Å²) in [4.78, 5) is 24.7. The molecule has 1 aromatic carbocycles. The summed E-state index contributed by atoms with van der Waals surface area (Å²) in [6, 6.07) is 5.82. The van der Waals surface area contributed by atoms with Crippen LogP contribution in [0.2, 0.25) is 0 Å². The van der Waals surface area contributed by atoms with Crippen molar-refractivity contribution in [2.75, 3.05) is 5.32 Å². The van der Waals surface area contributed by atoms with Gasteiger partial charge < -0.3 is 10.6 Å². The van der Waals surface area contributed by atoms with E-state index in [9.17, 15) is 9.59 Å². The van der Waals surface area contributed by atoms with Gasteiger partial charge in [0.05, 0.1) is 0 Å². The van der Waals surface area contributed by atoms with E-state index >= 15 is 0 Å². The molecule has 0 heterocycles. The molecule has 116 valence electrons. The minimum atomic E-state index is -1.13. The van der Waals surface area contributed by atoms with Gasteiger partial charge in [0.15, 0.2) is 0 Å². The van der Waals surface area contributed by atoms with Crippen molar-refractivity contribution in [3.05, 3.63) is 29.3 Å². The van der Waals surface area contributed by atoms with Gasteiger partial charge in [-0.15, -0.1) is 0 Å². The summed E-state index contributed by atoms with van der Waals surface area (Å²) in [5.74, 6) is -0.592. The Balaban J connectivity index is 2.88. The van der Waals surface area contributed by atoms with E-state index in [0.717, 1.165) is 11.1 Å². The minimum absolute atomic E-state index is 0.281. The van der Waals surface area contributed by atoms with Gasteiger partial charge in [0.25, 0.3) is 0 Å². The van der Waals surface area contributed by atoms with Crippen LogP contribution in [-0.4, -0.2) is 17.4 Å². The van der Waals surface area contributed by atoms with Crippen LogP contribution in [0.25, 0.3) is 0 Å². The molecule has 0 saturated carbocycles. The molecule has 4 nitrogen and oxygen atoms in total. The van der Waals surface area contributed by atoms with Crippen molar-refractivity contribution in [2.45, 2.75) is 54.0 Å². The van der Waals surface area contributed by atoms with E-state index in [1.807, 2.05) is 52.8 Å². The molecule has 2 amide bonds. The lowest BCUT2D eigenvalue weighted by atomic mass is 9.89. The van der Waals surface area contributed by atoms with Gasteiger partial charge in [-0.3, -0.25) is 9.59 Å². The summed E-state index contributed by atoms with van der Waals surface area (Å²) in [5, 5.41) is 5.68. The Morgan fingerprint density at radius 2 is 1.33 bits per heavy atom. The first kappa shape index (κ1) is 17.2. The van der Waals surface area contributed by atoms with Crippen LogP contribution in [-0.2, 0) is 9.59 Å². The highest BCUT2D eigenvalue weighted by Gasteiger charge is 2.37. The molecule has 2 N–H and O–H groups in total. The highest BCUT2D eigenvalue weighted by atomic mass is 16.2. The number of rotatable bonds is 3. The Bertz CT molecular complexity index is 534. The molecule has 0 radical (unpaired) electrons. The lowest BCUT2D eigenvalue weighted by molar-refractivity contribution is -0.139. The van der Waals surface area contributed by atoms with Gasteiger partial charge in [0.1, 0.15) is 5.41 Å². The average molecular weight is 290 g/mol. The third-order valence-electron chi connectivity index (χ3n) is 3.10. The van der Waals surface area contributed by atoms with E-state index in [4.69, 9.17) is 0 Å². The highest BCUT2D eigenvalue weighted by Crippen LogP contribution is 2.21. The van der Waals surface area contributed by atoms with E-state index in [-0.39, 0.29) is 17.4 Å². The Morgan fingerprint density at radius 1 is 0.857 bits per heavy atom. The van der Waals surface area contributed by atoms with Crippen molar-refractivity contribution in [3.8, 4) is 0 Å². The number of benzene rings is 1. The molecule has 0 fully saturated rings. The van der Waals surface area contributed by atoms with Gasteiger partial charge in [0.2, 0.25) is 11.8 Å². The third-order valence-corrected chi connectivity index (χ3v) is 3.10. The lowest BCUT2D eigenvalue weighted by Crippen LogP contribution is -2.51. The maximum atomic E-state index is 12.4. The van der Waals surface area contributed by atoms with Crippen molar-refractivity contribution in [1.82, 2.24) is 5.32 Å². The number of anilines is 1. The first-order chi connectivity index (χ1) is 9.41. The number of hydrogen-bond acceptors (Lipinski definition) is 2. The maximum absolute atomic E-state index is 12.4. The largest absolute Gasteiger partial charge is 0.351 e. The van der Waals surface area contributed by atoms with Crippen molar-refractivity contribution in [1.29, 1.82) is 0 Å². The van der Waals surface area contributed by atoms with Crippen LogP contribution < -0.4 is 10.6 Å². The quantitative estimate of drug-likeness (QED) is 0.840. The number of hydrogen-bond donors (Lipinski definition) is 2. The molecule has 1 aromatic rings. The molecule has 4 heteroatoms. The highest BCUT2D eigenvalue weighted by molar-refractivity contribution is 6.10. The fourth-order valence-corrected chi connectivity index (χ4v) is 1.93. The monoisotopic (exact) mass is 290 g/mol. The molecule has 0 aliphatic rings. The SMILES string of the molecule is Cc1cc(C)cc(NC(=O)C(C)(C)C(=O)NC(C)(C)C)c1. The minimum Gasteiger partial charge on any atom is -0.351 e. The molecule has 0 aliphatic heterocycles. The summed E-state index contributed by atoms with van der Waals surface area (Å²) in [6.45, 7) is 12.9. The zero-order valence-corrected chi connectivity index (χ0v) is 14.0. The molecule has 0 spiro atoms. The first-order valence-electron chi connectivity index (χ1n) is 7.14. The number of amides is 2. The van der Waals surface area contributed by atoms with Crippen LogP contribution in [0, 0.1) is 19.3 Å². The van der Waals surface area contributed by atoms with E-state index in [0.29, 0.717) is 5.69 Å². The first-order valence-corrected chi connectivity index (χ1v) is 7.14. The van der Waals surface area contributed by atoms with Crippen LogP contribution in [0.3, 0.4) is 0 Å². The number of aryl methyl sites for hydroxylation is 2. The van der Waals surface area contributed by atoms with Crippen LogP contribution in [0.4, 0.5) is 5.69 Å². The van der Waals surface area contributed by atoms with Gasteiger partial charge in [-0.25, -0.2) is 0 Å². The van der Waals surface area contributed by atoms with Gasteiger partial charge in [-0.1, -0.05) is 6.07 Å². The molecule has 1 rings (SSSR count). The zero-order chi connectivity index (χ0) is 16.4. The molecule has 0 bridgehead atoms. The predicted molar refractivity (Wildman–Crippen MR) is 86.2 cm³/mol. The predicted octanol–water partition coefficient (Wildman–Crippen LogP) is 3.18. The second kappa shape index (κ2) is 5.88. The molecule has 0 unspecified atom stereocenters. The number of carbonyl (C=O) groups excluding carboxylic acids is 2. The molecule has 21 heavy (non-hydrogen) atoms. The molecular weight excluding hydrogens is 264 g/mol. The molecule has 0 saturated heterocycles. The van der Waals surface area contributed by atoms with E-state index in [1.165, 1.54) is 0 Å². The topological polar surface area (TPSA) is 58.2 Å². The lowest BCUT2D eigenvalue weighted by Gasteiger charge is -2.28. The maximum Gasteiger partial charge on any atom is 0.239 e. The average Bonchev–Trinajstić information content (AvgIpc) is 2.24. The Hall–Kier alpha value is -1.84. The van der Waals surface area contributed by atoms with Crippen molar-refractivity contribution < 1.29 is 9.59 Å². The molecule has 0 aromatic heterocycles. The summed E-state index contributed by atoms with van der Waals surface area (Å²) in [5.41, 5.74) is 1.36. The summed E-state index contributed by atoms with van der Waals surface area (Å²) < 4.78 is 0. The second-order valence-electron chi connectivity index (χ2n) is 7.16.